The van der Waals surface area contributed by atoms with Gasteiger partial charge in [-0.15, -0.1) is 0 Å². The molecule has 0 atom stereocenters. The predicted molar refractivity (Wildman–Crippen MR) is 84.4 cm³/mol. The molecule has 106 valence electrons. The third-order valence-electron chi connectivity index (χ3n) is 5.04. The zero-order chi connectivity index (χ0) is 14.2. The Morgan fingerprint density at radius 2 is 1.95 bits per heavy atom. The molecule has 1 aromatic carbocycles. The van der Waals surface area contributed by atoms with Gasteiger partial charge in [-0.2, -0.15) is 0 Å². The van der Waals surface area contributed by atoms with Crippen LogP contribution in [0.5, 0.6) is 0 Å². The average molecular weight is 268 g/mol. The van der Waals surface area contributed by atoms with Crippen molar-refractivity contribution in [1.29, 1.82) is 0 Å². The van der Waals surface area contributed by atoms with Gasteiger partial charge in [-0.1, -0.05) is 26.0 Å². The summed E-state index contributed by atoms with van der Waals surface area (Å²) in [6, 6.07) is 10.6. The van der Waals surface area contributed by atoms with Crippen LogP contribution in [0.1, 0.15) is 45.1 Å². The van der Waals surface area contributed by atoms with Crippen molar-refractivity contribution in [1.82, 2.24) is 4.98 Å². The first-order valence-electron chi connectivity index (χ1n) is 7.73. The molecule has 0 aliphatic heterocycles. The summed E-state index contributed by atoms with van der Waals surface area (Å²) < 4.78 is 0. The van der Waals surface area contributed by atoms with E-state index >= 15 is 0 Å². The van der Waals surface area contributed by atoms with Gasteiger partial charge in [0, 0.05) is 17.1 Å². The fraction of sp³-hybridized carbons (Fsp3) is 0.500. The van der Waals surface area contributed by atoms with E-state index in [9.17, 15) is 0 Å². The lowest BCUT2D eigenvalue weighted by molar-refractivity contribution is 0.196. The molecule has 1 heterocycles. The van der Waals surface area contributed by atoms with Gasteiger partial charge in [-0.3, -0.25) is 4.98 Å². The van der Waals surface area contributed by atoms with E-state index in [2.05, 4.69) is 43.1 Å². The Morgan fingerprint density at radius 1 is 1.20 bits per heavy atom. The van der Waals surface area contributed by atoms with E-state index in [0.29, 0.717) is 0 Å². The minimum Gasteiger partial charge on any atom is -0.321 e. The summed E-state index contributed by atoms with van der Waals surface area (Å²) >= 11 is 0. The minimum atomic E-state index is -0.143. The lowest BCUT2D eigenvalue weighted by Gasteiger charge is -2.39. The van der Waals surface area contributed by atoms with Gasteiger partial charge in [0.1, 0.15) is 0 Å². The maximum absolute atomic E-state index is 6.71. The van der Waals surface area contributed by atoms with Crippen LogP contribution in [-0.2, 0) is 5.54 Å². The largest absolute Gasteiger partial charge is 0.321 e. The molecule has 2 heteroatoms. The van der Waals surface area contributed by atoms with Crippen LogP contribution in [0.3, 0.4) is 0 Å². The standard InChI is InChI=1S/C18H24N2/c1-13(2)14-7-9-18(19,10-8-14)16-5-6-17-15(12-16)4-3-11-20-17/h3-6,11-14H,7-10,19H2,1-2H3. The lowest BCUT2D eigenvalue weighted by atomic mass is 9.70. The van der Waals surface area contributed by atoms with Crippen molar-refractivity contribution >= 4 is 10.9 Å². The minimum absolute atomic E-state index is 0.143. The van der Waals surface area contributed by atoms with E-state index in [1.165, 1.54) is 23.8 Å². The van der Waals surface area contributed by atoms with Gasteiger partial charge in [-0.25, -0.2) is 0 Å². The van der Waals surface area contributed by atoms with E-state index in [4.69, 9.17) is 5.73 Å². The molecule has 2 aromatic rings. The van der Waals surface area contributed by atoms with E-state index < -0.39 is 0 Å². The van der Waals surface area contributed by atoms with E-state index in [0.717, 1.165) is 30.2 Å². The highest BCUT2D eigenvalue weighted by Crippen LogP contribution is 2.40. The SMILES string of the molecule is CC(C)C1CCC(N)(c2ccc3ncccc3c2)CC1. The number of aromatic nitrogens is 1. The fourth-order valence-corrected chi connectivity index (χ4v) is 3.50. The number of nitrogens with two attached hydrogens (primary N) is 1. The molecule has 2 nitrogen and oxygen atoms in total. The molecule has 3 rings (SSSR count). The number of benzene rings is 1. The van der Waals surface area contributed by atoms with Crippen LogP contribution >= 0.6 is 0 Å². The Kier molecular flexibility index (Phi) is 3.51. The Morgan fingerprint density at radius 3 is 2.65 bits per heavy atom. The number of pyridine rings is 1. The number of nitrogens with zero attached hydrogens (tertiary/aromatic N) is 1. The van der Waals surface area contributed by atoms with Crippen molar-refractivity contribution in [2.24, 2.45) is 17.6 Å². The monoisotopic (exact) mass is 268 g/mol. The van der Waals surface area contributed by atoms with Crippen LogP contribution in [0.2, 0.25) is 0 Å². The van der Waals surface area contributed by atoms with Gasteiger partial charge in [0.2, 0.25) is 0 Å². The molecule has 0 saturated heterocycles. The number of fused-ring (bicyclic) bond motifs is 1. The number of rotatable bonds is 2. The molecule has 0 bridgehead atoms. The van der Waals surface area contributed by atoms with Crippen LogP contribution < -0.4 is 5.73 Å². The van der Waals surface area contributed by atoms with Gasteiger partial charge in [0.15, 0.2) is 0 Å². The molecule has 20 heavy (non-hydrogen) atoms. The second kappa shape index (κ2) is 5.17. The van der Waals surface area contributed by atoms with E-state index in [-0.39, 0.29) is 5.54 Å². The molecule has 0 unspecified atom stereocenters. The number of hydrogen-bond donors (Lipinski definition) is 1. The first-order chi connectivity index (χ1) is 9.58. The molecular formula is C18H24N2. The van der Waals surface area contributed by atoms with E-state index in [1.54, 1.807) is 0 Å². The highest BCUT2D eigenvalue weighted by atomic mass is 14.8. The normalized spacial score (nSPS) is 27.1. The Bertz CT molecular complexity index is 595. The van der Waals surface area contributed by atoms with Crippen LogP contribution in [0, 0.1) is 11.8 Å². The van der Waals surface area contributed by atoms with Crippen LogP contribution in [0.25, 0.3) is 10.9 Å². The first kappa shape index (κ1) is 13.6. The summed E-state index contributed by atoms with van der Waals surface area (Å²) in [6.45, 7) is 4.66. The van der Waals surface area contributed by atoms with Crippen LogP contribution in [0.15, 0.2) is 36.5 Å². The van der Waals surface area contributed by atoms with Crippen molar-refractivity contribution in [3.8, 4) is 0 Å². The maximum Gasteiger partial charge on any atom is 0.0702 e. The topological polar surface area (TPSA) is 38.9 Å². The van der Waals surface area contributed by atoms with Gasteiger partial charge in [0.25, 0.3) is 0 Å². The summed E-state index contributed by atoms with van der Waals surface area (Å²) in [4.78, 5) is 4.38. The zero-order valence-corrected chi connectivity index (χ0v) is 12.5. The fourth-order valence-electron chi connectivity index (χ4n) is 3.50. The Balaban J connectivity index is 1.87. The van der Waals surface area contributed by atoms with E-state index in [1.807, 2.05) is 12.3 Å². The van der Waals surface area contributed by atoms with Crippen molar-refractivity contribution in [3.63, 3.8) is 0 Å². The Labute approximate surface area is 121 Å². The highest BCUT2D eigenvalue weighted by molar-refractivity contribution is 5.79. The molecule has 0 spiro atoms. The summed E-state index contributed by atoms with van der Waals surface area (Å²) in [7, 11) is 0. The molecule has 1 saturated carbocycles. The lowest BCUT2D eigenvalue weighted by Crippen LogP contribution is -2.41. The summed E-state index contributed by atoms with van der Waals surface area (Å²) in [5.41, 5.74) is 8.90. The Hall–Kier alpha value is -1.41. The van der Waals surface area contributed by atoms with Gasteiger partial charge in [0.05, 0.1) is 5.52 Å². The molecule has 1 aliphatic carbocycles. The number of hydrogen-bond acceptors (Lipinski definition) is 2. The predicted octanol–water partition coefficient (Wildman–Crippen LogP) is 4.24. The molecule has 1 aliphatic rings. The summed E-state index contributed by atoms with van der Waals surface area (Å²) in [6.07, 6.45) is 6.54. The average Bonchev–Trinajstić information content (AvgIpc) is 2.47. The molecule has 1 aromatic heterocycles. The molecule has 0 amide bonds. The quantitative estimate of drug-likeness (QED) is 0.885. The van der Waals surface area contributed by atoms with Crippen LogP contribution in [-0.4, -0.2) is 4.98 Å². The van der Waals surface area contributed by atoms with Gasteiger partial charge in [-0.05, 0) is 61.3 Å². The van der Waals surface area contributed by atoms with Crippen LogP contribution in [0.4, 0.5) is 0 Å². The second-order valence-electron chi connectivity index (χ2n) is 6.65. The third-order valence-corrected chi connectivity index (χ3v) is 5.04. The first-order valence-corrected chi connectivity index (χ1v) is 7.73. The molecule has 2 N–H and O–H groups in total. The van der Waals surface area contributed by atoms with Crippen molar-refractivity contribution in [2.45, 2.75) is 45.1 Å². The molecule has 0 radical (unpaired) electrons. The van der Waals surface area contributed by atoms with Gasteiger partial charge >= 0.3 is 0 Å². The second-order valence-corrected chi connectivity index (χ2v) is 6.65. The summed E-state index contributed by atoms with van der Waals surface area (Å²) in [5, 5.41) is 1.20. The molecular weight excluding hydrogens is 244 g/mol. The maximum atomic E-state index is 6.71. The van der Waals surface area contributed by atoms with Crippen molar-refractivity contribution < 1.29 is 0 Å². The highest BCUT2D eigenvalue weighted by Gasteiger charge is 2.34. The third kappa shape index (κ3) is 2.45. The summed E-state index contributed by atoms with van der Waals surface area (Å²) in [5.74, 6) is 1.62. The van der Waals surface area contributed by atoms with Gasteiger partial charge < -0.3 is 5.73 Å². The smallest absolute Gasteiger partial charge is 0.0702 e. The van der Waals surface area contributed by atoms with Crippen molar-refractivity contribution in [2.75, 3.05) is 0 Å². The van der Waals surface area contributed by atoms with Crippen molar-refractivity contribution in [3.05, 3.63) is 42.1 Å². The molecule has 1 fully saturated rings. The zero-order valence-electron chi connectivity index (χ0n) is 12.5.